The van der Waals surface area contributed by atoms with Crippen LogP contribution in [0.4, 0.5) is 23.0 Å². The van der Waals surface area contributed by atoms with Crippen molar-refractivity contribution in [3.8, 4) is 5.88 Å². The number of piperazine rings is 1. The number of rotatable bonds is 9. The van der Waals surface area contributed by atoms with E-state index in [1.807, 2.05) is 12.1 Å². The first-order valence-electron chi connectivity index (χ1n) is 11.6. The van der Waals surface area contributed by atoms with Crippen molar-refractivity contribution in [2.24, 2.45) is 0 Å². The van der Waals surface area contributed by atoms with Gasteiger partial charge in [0.1, 0.15) is 5.56 Å². The van der Waals surface area contributed by atoms with Crippen molar-refractivity contribution in [1.29, 1.82) is 0 Å². The lowest BCUT2D eigenvalue weighted by molar-refractivity contribution is 0.102. The molecular weight excluding hydrogens is 503 g/mol. The highest BCUT2D eigenvalue weighted by Crippen LogP contribution is 2.31. The number of para-hydroxylation sites is 1. The third kappa shape index (κ3) is 6.55. The van der Waals surface area contributed by atoms with Crippen LogP contribution in [0, 0.1) is 0 Å². The number of benzene rings is 2. The Balaban J connectivity index is 1.50. The van der Waals surface area contributed by atoms with Crippen molar-refractivity contribution < 1.29 is 14.6 Å². The molecule has 1 amide bonds. The van der Waals surface area contributed by atoms with Crippen molar-refractivity contribution >= 4 is 52.1 Å². The monoisotopic (exact) mass is 530 g/mol. The number of aromatic nitrogens is 2. The van der Waals surface area contributed by atoms with Crippen molar-refractivity contribution in [3.63, 3.8) is 0 Å². The number of nitrogens with one attached hydrogen (secondary N) is 2. The van der Waals surface area contributed by atoms with Gasteiger partial charge in [0.15, 0.2) is 0 Å². The SMILES string of the molecule is CN1CCN(c2ccc(Nc3ncc(C(=O)Nc4c(Cl)cccc4Cl)c(OCCCO)n3)cc2)CC1. The van der Waals surface area contributed by atoms with E-state index in [-0.39, 0.29) is 36.3 Å². The van der Waals surface area contributed by atoms with Gasteiger partial charge in [0.2, 0.25) is 11.8 Å². The first kappa shape index (κ1) is 26.0. The summed E-state index contributed by atoms with van der Waals surface area (Å²) in [5.74, 6) is -0.170. The molecule has 3 N–H and O–H groups in total. The largest absolute Gasteiger partial charge is 0.477 e. The summed E-state index contributed by atoms with van der Waals surface area (Å²) in [6, 6.07) is 13.0. The number of hydrogen-bond donors (Lipinski definition) is 3. The van der Waals surface area contributed by atoms with E-state index in [9.17, 15) is 4.79 Å². The summed E-state index contributed by atoms with van der Waals surface area (Å²) >= 11 is 12.4. The van der Waals surface area contributed by atoms with E-state index in [1.165, 1.54) is 6.20 Å². The van der Waals surface area contributed by atoms with Gasteiger partial charge in [-0.2, -0.15) is 4.98 Å². The lowest BCUT2D eigenvalue weighted by Gasteiger charge is -2.34. The fraction of sp³-hybridized carbons (Fsp3) is 0.320. The summed E-state index contributed by atoms with van der Waals surface area (Å²) < 4.78 is 5.69. The van der Waals surface area contributed by atoms with Crippen LogP contribution in [0.3, 0.4) is 0 Å². The van der Waals surface area contributed by atoms with Crippen LogP contribution in [-0.4, -0.2) is 72.3 Å². The zero-order chi connectivity index (χ0) is 25.5. The zero-order valence-electron chi connectivity index (χ0n) is 19.9. The van der Waals surface area contributed by atoms with E-state index in [2.05, 4.69) is 49.6 Å². The van der Waals surface area contributed by atoms with E-state index < -0.39 is 5.91 Å². The lowest BCUT2D eigenvalue weighted by atomic mass is 10.2. The Morgan fingerprint density at radius 3 is 2.44 bits per heavy atom. The number of ether oxygens (including phenoxy) is 1. The number of carbonyl (C=O) groups is 1. The van der Waals surface area contributed by atoms with Gasteiger partial charge in [-0.1, -0.05) is 29.3 Å². The van der Waals surface area contributed by atoms with E-state index in [0.717, 1.165) is 37.6 Å². The van der Waals surface area contributed by atoms with Gasteiger partial charge < -0.3 is 30.3 Å². The van der Waals surface area contributed by atoms with Gasteiger partial charge in [-0.25, -0.2) is 4.98 Å². The molecule has 1 aliphatic heterocycles. The highest BCUT2D eigenvalue weighted by Gasteiger charge is 2.19. The predicted molar refractivity (Wildman–Crippen MR) is 143 cm³/mol. The maximum atomic E-state index is 13.0. The van der Waals surface area contributed by atoms with Gasteiger partial charge in [-0.15, -0.1) is 0 Å². The van der Waals surface area contributed by atoms with Crippen molar-refractivity contribution in [1.82, 2.24) is 14.9 Å². The zero-order valence-corrected chi connectivity index (χ0v) is 21.4. The summed E-state index contributed by atoms with van der Waals surface area (Å²) in [6.07, 6.45) is 1.76. The molecule has 2 heterocycles. The van der Waals surface area contributed by atoms with Gasteiger partial charge in [0.25, 0.3) is 5.91 Å². The molecule has 36 heavy (non-hydrogen) atoms. The number of amides is 1. The summed E-state index contributed by atoms with van der Waals surface area (Å²) in [5, 5.41) is 15.6. The molecule has 0 spiro atoms. The Labute approximate surface area is 220 Å². The molecule has 0 saturated carbocycles. The van der Waals surface area contributed by atoms with Crippen LogP contribution in [0.1, 0.15) is 16.8 Å². The smallest absolute Gasteiger partial charge is 0.262 e. The number of anilines is 4. The number of nitrogens with zero attached hydrogens (tertiary/aromatic N) is 4. The Morgan fingerprint density at radius 2 is 1.78 bits per heavy atom. The number of aliphatic hydroxyl groups is 1. The standard InChI is InChI=1S/C25H28Cl2N6O3/c1-32-10-12-33(13-11-32)18-8-6-17(7-9-18)29-25-28-16-19(24(31-25)36-15-3-14-34)23(35)30-22-20(26)4-2-5-21(22)27/h2,4-9,16,34H,3,10-15H2,1H3,(H,30,35)(H,28,29,31). The molecule has 1 aliphatic rings. The molecule has 9 nitrogen and oxygen atoms in total. The fourth-order valence-electron chi connectivity index (χ4n) is 3.67. The topological polar surface area (TPSA) is 103 Å². The molecule has 190 valence electrons. The number of halogens is 2. The second-order valence-electron chi connectivity index (χ2n) is 8.35. The number of aliphatic hydroxyl groups excluding tert-OH is 1. The summed E-state index contributed by atoms with van der Waals surface area (Å²) in [7, 11) is 2.13. The average Bonchev–Trinajstić information content (AvgIpc) is 2.87. The summed E-state index contributed by atoms with van der Waals surface area (Å²) in [6.45, 7) is 4.19. The molecule has 1 fully saturated rings. The van der Waals surface area contributed by atoms with E-state index >= 15 is 0 Å². The van der Waals surface area contributed by atoms with Crippen molar-refractivity contribution in [2.75, 3.05) is 62.0 Å². The van der Waals surface area contributed by atoms with Crippen LogP contribution in [0.15, 0.2) is 48.7 Å². The van der Waals surface area contributed by atoms with Crippen molar-refractivity contribution in [2.45, 2.75) is 6.42 Å². The molecular formula is C25H28Cl2N6O3. The third-order valence-corrected chi connectivity index (χ3v) is 6.36. The first-order valence-corrected chi connectivity index (χ1v) is 12.4. The predicted octanol–water partition coefficient (Wildman–Crippen LogP) is 4.29. The highest BCUT2D eigenvalue weighted by atomic mass is 35.5. The van der Waals surface area contributed by atoms with Gasteiger partial charge in [-0.3, -0.25) is 4.79 Å². The minimum Gasteiger partial charge on any atom is -0.477 e. The molecule has 1 aromatic heterocycles. The molecule has 0 bridgehead atoms. The molecule has 1 saturated heterocycles. The van der Waals surface area contributed by atoms with Crippen molar-refractivity contribution in [3.05, 3.63) is 64.3 Å². The normalized spacial score (nSPS) is 13.9. The van der Waals surface area contributed by atoms with Crippen LogP contribution >= 0.6 is 23.2 Å². The Kier molecular flexibility index (Phi) is 8.82. The maximum absolute atomic E-state index is 13.0. The molecule has 2 aromatic carbocycles. The second-order valence-corrected chi connectivity index (χ2v) is 9.17. The van der Waals surface area contributed by atoms with Crippen LogP contribution in [-0.2, 0) is 0 Å². The van der Waals surface area contributed by atoms with Crippen LogP contribution in [0.25, 0.3) is 0 Å². The average molecular weight is 531 g/mol. The molecule has 0 unspecified atom stereocenters. The van der Waals surface area contributed by atoms with E-state index in [4.69, 9.17) is 33.0 Å². The highest BCUT2D eigenvalue weighted by molar-refractivity contribution is 6.40. The summed E-state index contributed by atoms with van der Waals surface area (Å²) in [4.78, 5) is 26.3. The Morgan fingerprint density at radius 1 is 1.08 bits per heavy atom. The van der Waals surface area contributed by atoms with E-state index in [0.29, 0.717) is 16.5 Å². The van der Waals surface area contributed by atoms with Gasteiger partial charge in [0, 0.05) is 56.8 Å². The minimum absolute atomic E-state index is 0.0490. The number of carbonyl (C=O) groups excluding carboxylic acids is 1. The quantitative estimate of drug-likeness (QED) is 0.352. The van der Waals surface area contributed by atoms with Gasteiger partial charge >= 0.3 is 0 Å². The van der Waals surface area contributed by atoms with Crippen LogP contribution < -0.4 is 20.3 Å². The Bertz CT molecular complexity index is 1170. The lowest BCUT2D eigenvalue weighted by Crippen LogP contribution is -2.44. The molecule has 0 aliphatic carbocycles. The first-order chi connectivity index (χ1) is 17.4. The van der Waals surface area contributed by atoms with Gasteiger partial charge in [0.05, 0.1) is 22.3 Å². The Hall–Kier alpha value is -3.11. The minimum atomic E-state index is -0.521. The molecule has 3 aromatic rings. The number of likely N-dealkylation sites (N-methyl/N-ethyl adjacent to an activating group) is 1. The summed E-state index contributed by atoms with van der Waals surface area (Å²) in [5.41, 5.74) is 2.36. The third-order valence-electron chi connectivity index (χ3n) is 5.73. The van der Waals surface area contributed by atoms with Crippen LogP contribution in [0.5, 0.6) is 5.88 Å². The number of hydrogen-bond acceptors (Lipinski definition) is 8. The molecule has 11 heteroatoms. The molecule has 0 atom stereocenters. The second kappa shape index (κ2) is 12.2. The van der Waals surface area contributed by atoms with Crippen LogP contribution in [0.2, 0.25) is 10.0 Å². The molecule has 4 rings (SSSR count). The molecule has 0 radical (unpaired) electrons. The maximum Gasteiger partial charge on any atom is 0.262 e. The van der Waals surface area contributed by atoms with E-state index in [1.54, 1.807) is 18.2 Å². The van der Waals surface area contributed by atoms with Gasteiger partial charge in [-0.05, 0) is 43.4 Å². The fourth-order valence-corrected chi connectivity index (χ4v) is 4.16.